The van der Waals surface area contributed by atoms with Crippen LogP contribution in [-0.2, 0) is 16.2 Å². The summed E-state index contributed by atoms with van der Waals surface area (Å²) >= 11 is -0.725. The molecule has 0 aliphatic carbocycles. The molecule has 0 spiro atoms. The second-order valence-electron chi connectivity index (χ2n) is 4.51. The Morgan fingerprint density at radius 2 is 2.28 bits per heavy atom. The number of thiazole rings is 1. The fraction of sp³-hybridized carbons (Fsp3) is 0.0769. The van der Waals surface area contributed by atoms with E-state index >= 15 is 0 Å². The molecule has 2 aromatic rings. The van der Waals surface area contributed by atoms with E-state index in [0.717, 1.165) is 17.4 Å². The monoisotopic (exact) mass is 384 g/mol. The summed E-state index contributed by atoms with van der Waals surface area (Å²) in [5.41, 5.74) is 6.46. The van der Waals surface area contributed by atoms with Crippen molar-refractivity contribution in [1.29, 1.82) is 5.41 Å². The highest BCUT2D eigenvalue weighted by molar-refractivity contribution is 7.93. The van der Waals surface area contributed by atoms with Crippen LogP contribution in [0.2, 0.25) is 0 Å². The van der Waals surface area contributed by atoms with Crippen LogP contribution in [0, 0.1) is 11.2 Å². The molecule has 1 aromatic carbocycles. The van der Waals surface area contributed by atoms with E-state index < -0.39 is 23.1 Å². The lowest BCUT2D eigenvalue weighted by Crippen LogP contribution is -2.37. The zero-order chi connectivity index (χ0) is 18.4. The van der Waals surface area contributed by atoms with E-state index in [2.05, 4.69) is 20.3 Å². The Morgan fingerprint density at radius 1 is 1.52 bits per heavy atom. The number of anilines is 2. The molecule has 1 unspecified atom stereocenters. The predicted molar refractivity (Wildman–Crippen MR) is 92.5 cm³/mol. The van der Waals surface area contributed by atoms with E-state index in [1.807, 2.05) is 0 Å². The molecule has 1 atom stereocenters. The summed E-state index contributed by atoms with van der Waals surface area (Å²) in [5, 5.41) is 11.8. The third-order valence-electron chi connectivity index (χ3n) is 2.76. The van der Waals surface area contributed by atoms with Crippen molar-refractivity contribution in [3.05, 3.63) is 35.2 Å². The van der Waals surface area contributed by atoms with Crippen molar-refractivity contribution in [2.45, 2.75) is 4.90 Å². The molecule has 9 nitrogen and oxygen atoms in total. The molecular formula is C13H13FN6O3S2. The number of nitrogens with zero attached hydrogens (tertiary/aromatic N) is 1. The number of hydrogen-bond acceptors (Lipinski definition) is 7. The highest BCUT2D eigenvalue weighted by Crippen LogP contribution is 2.24. The lowest BCUT2D eigenvalue weighted by Gasteiger charge is -2.12. The lowest BCUT2D eigenvalue weighted by molar-refractivity contribution is -0.115. The van der Waals surface area contributed by atoms with Gasteiger partial charge in [0.2, 0.25) is 5.91 Å². The minimum absolute atomic E-state index is 0.109. The van der Waals surface area contributed by atoms with E-state index in [1.54, 1.807) is 0 Å². The highest BCUT2D eigenvalue weighted by atomic mass is 32.2. The summed E-state index contributed by atoms with van der Waals surface area (Å²) in [4.78, 5) is 26.2. The van der Waals surface area contributed by atoms with Crippen LogP contribution in [0.3, 0.4) is 0 Å². The Balaban J connectivity index is 2.04. The molecular weight excluding hydrogens is 371 g/mol. The SMILES string of the molecule is N=C(N)NCC(=O)Nc1ccc([S+]([O-])Nc2scnc2C=O)cc1F. The normalized spacial score (nSPS) is 11.4. The van der Waals surface area contributed by atoms with Gasteiger partial charge in [0, 0.05) is 6.07 Å². The summed E-state index contributed by atoms with van der Waals surface area (Å²) in [5.74, 6) is -1.77. The fourth-order valence-corrected chi connectivity index (χ4v) is 3.35. The van der Waals surface area contributed by atoms with Crippen LogP contribution in [0.4, 0.5) is 15.1 Å². The van der Waals surface area contributed by atoms with Crippen molar-refractivity contribution in [2.75, 3.05) is 16.6 Å². The van der Waals surface area contributed by atoms with Crippen molar-refractivity contribution < 1.29 is 18.5 Å². The van der Waals surface area contributed by atoms with Crippen molar-refractivity contribution in [3.8, 4) is 0 Å². The van der Waals surface area contributed by atoms with E-state index in [-0.39, 0.29) is 28.8 Å². The molecule has 2 rings (SSSR count). The molecule has 0 aliphatic rings. The second kappa shape index (κ2) is 8.41. The van der Waals surface area contributed by atoms with Crippen LogP contribution in [0.25, 0.3) is 0 Å². The van der Waals surface area contributed by atoms with Crippen LogP contribution in [0.15, 0.2) is 28.6 Å². The van der Waals surface area contributed by atoms with Gasteiger partial charge < -0.3 is 20.9 Å². The maximum absolute atomic E-state index is 14.1. The number of aldehydes is 1. The van der Waals surface area contributed by atoms with Crippen molar-refractivity contribution in [1.82, 2.24) is 10.3 Å². The summed E-state index contributed by atoms with van der Waals surface area (Å²) in [6.07, 6.45) is 0.518. The van der Waals surface area contributed by atoms with Gasteiger partial charge in [-0.3, -0.25) is 15.0 Å². The van der Waals surface area contributed by atoms with Gasteiger partial charge in [-0.2, -0.15) is 4.72 Å². The summed E-state index contributed by atoms with van der Waals surface area (Å²) in [7, 11) is 0. The molecule has 0 saturated carbocycles. The molecule has 1 heterocycles. The summed E-state index contributed by atoms with van der Waals surface area (Å²) in [6, 6.07) is 3.61. The van der Waals surface area contributed by atoms with Crippen LogP contribution >= 0.6 is 11.3 Å². The molecule has 1 aromatic heterocycles. The molecule has 6 N–H and O–H groups in total. The molecule has 0 fully saturated rings. The first-order valence-electron chi connectivity index (χ1n) is 6.65. The number of guanidine groups is 1. The number of aromatic nitrogens is 1. The number of benzene rings is 1. The third-order valence-corrected chi connectivity index (χ3v) is 4.72. The van der Waals surface area contributed by atoms with Gasteiger partial charge in [-0.05, 0) is 12.1 Å². The topological polar surface area (TPSA) is 156 Å². The number of carbonyl (C=O) groups is 2. The van der Waals surface area contributed by atoms with Gasteiger partial charge in [-0.25, -0.2) is 9.37 Å². The van der Waals surface area contributed by atoms with Crippen LogP contribution in [0.5, 0.6) is 0 Å². The second-order valence-corrected chi connectivity index (χ2v) is 6.58. The zero-order valence-electron chi connectivity index (χ0n) is 12.5. The zero-order valence-corrected chi connectivity index (χ0v) is 14.2. The van der Waals surface area contributed by atoms with Gasteiger partial charge in [-0.15, -0.1) is 11.3 Å². The Labute approximate surface area is 148 Å². The first-order valence-corrected chi connectivity index (χ1v) is 8.68. The number of rotatable bonds is 7. The van der Waals surface area contributed by atoms with Crippen LogP contribution in [-0.4, -0.2) is 34.2 Å². The highest BCUT2D eigenvalue weighted by Gasteiger charge is 2.18. The molecule has 0 bridgehead atoms. The molecule has 0 saturated heterocycles. The standard InChI is InChI=1S/C13H13FN6O3S2/c14-8-3-7(25(23)20-12-10(5-21)18-6-24-12)1-2-9(8)19-11(22)4-17-13(15)16/h1-3,5-6,20H,4H2,(H,19,22)(H4,15,16,17). The quantitative estimate of drug-likeness (QED) is 0.203. The minimum Gasteiger partial charge on any atom is -0.588 e. The Kier molecular flexibility index (Phi) is 6.27. The molecule has 0 aliphatic heterocycles. The largest absolute Gasteiger partial charge is 0.588 e. The van der Waals surface area contributed by atoms with Gasteiger partial charge in [0.15, 0.2) is 28.0 Å². The Bertz CT molecular complexity index is 800. The van der Waals surface area contributed by atoms with Gasteiger partial charge >= 0.3 is 0 Å². The molecule has 132 valence electrons. The van der Waals surface area contributed by atoms with Gasteiger partial charge in [0.1, 0.15) is 17.1 Å². The minimum atomic E-state index is -1.81. The van der Waals surface area contributed by atoms with Crippen LogP contribution in [0.1, 0.15) is 10.5 Å². The first kappa shape index (κ1) is 18.6. The first-order chi connectivity index (χ1) is 11.9. The average Bonchev–Trinajstić information content (AvgIpc) is 3.01. The molecule has 1 amide bonds. The van der Waals surface area contributed by atoms with E-state index in [4.69, 9.17) is 11.1 Å². The predicted octanol–water partition coefficient (Wildman–Crippen LogP) is 0.651. The average molecular weight is 384 g/mol. The summed E-state index contributed by atoms with van der Waals surface area (Å²) < 4.78 is 28.8. The lowest BCUT2D eigenvalue weighted by atomic mass is 10.3. The third kappa shape index (κ3) is 5.14. The molecule has 12 heteroatoms. The van der Waals surface area contributed by atoms with Crippen molar-refractivity contribution in [2.24, 2.45) is 5.73 Å². The van der Waals surface area contributed by atoms with E-state index in [9.17, 15) is 18.5 Å². The Hall–Kier alpha value is -2.70. The van der Waals surface area contributed by atoms with Gasteiger partial charge in [0.25, 0.3) is 0 Å². The summed E-state index contributed by atoms with van der Waals surface area (Å²) in [6.45, 7) is -0.288. The van der Waals surface area contributed by atoms with Crippen molar-refractivity contribution in [3.63, 3.8) is 0 Å². The smallest absolute Gasteiger partial charge is 0.243 e. The molecule has 0 radical (unpaired) electrons. The maximum atomic E-state index is 14.1. The fourth-order valence-electron chi connectivity index (χ4n) is 1.64. The van der Waals surface area contributed by atoms with Crippen molar-refractivity contribution >= 4 is 51.5 Å². The van der Waals surface area contributed by atoms with Crippen LogP contribution < -0.4 is 21.1 Å². The molecule has 25 heavy (non-hydrogen) atoms. The number of hydrogen-bond donors (Lipinski definition) is 5. The number of amides is 1. The Morgan fingerprint density at radius 3 is 2.92 bits per heavy atom. The number of nitrogens with two attached hydrogens (primary N) is 1. The number of nitrogens with one attached hydrogen (secondary N) is 4. The number of halogens is 1. The van der Waals surface area contributed by atoms with E-state index in [0.29, 0.717) is 11.3 Å². The van der Waals surface area contributed by atoms with Gasteiger partial charge in [-0.1, -0.05) is 0 Å². The maximum Gasteiger partial charge on any atom is 0.243 e. The number of carbonyl (C=O) groups excluding carboxylic acids is 2. The van der Waals surface area contributed by atoms with E-state index in [1.165, 1.54) is 17.6 Å². The van der Waals surface area contributed by atoms with Gasteiger partial charge in [0.05, 0.1) is 17.7 Å².